The van der Waals surface area contributed by atoms with Gasteiger partial charge in [-0.1, -0.05) is 0 Å². The van der Waals surface area contributed by atoms with Crippen molar-refractivity contribution in [2.45, 2.75) is 39.5 Å². The lowest BCUT2D eigenvalue weighted by Crippen LogP contribution is -1.88. The predicted octanol–water partition coefficient (Wildman–Crippen LogP) is 2.36. The maximum atomic E-state index is 8.60. The van der Waals surface area contributed by atoms with Crippen LogP contribution in [0.4, 0.5) is 0 Å². The van der Waals surface area contributed by atoms with Gasteiger partial charge in [0.05, 0.1) is 11.5 Å². The van der Waals surface area contributed by atoms with Crippen LogP contribution >= 0.6 is 0 Å². The summed E-state index contributed by atoms with van der Waals surface area (Å²) in [6.07, 6.45) is 7.17. The molecule has 0 aromatic heterocycles. The number of rotatable bonds is 8. The molecule has 0 spiro atoms. The van der Waals surface area contributed by atoms with Gasteiger partial charge in [-0.3, -0.25) is 0 Å². The highest BCUT2D eigenvalue weighted by Crippen LogP contribution is 2.08. The Morgan fingerprint density at radius 2 is 1.33 bits per heavy atom. The Morgan fingerprint density at radius 1 is 0.933 bits per heavy atom. The van der Waals surface area contributed by atoms with E-state index in [0.29, 0.717) is 0 Å². The summed E-state index contributed by atoms with van der Waals surface area (Å²) in [7, 11) is 0. The van der Waals surface area contributed by atoms with Crippen LogP contribution < -0.4 is 0 Å². The van der Waals surface area contributed by atoms with Crippen molar-refractivity contribution in [1.29, 1.82) is 0 Å². The van der Waals surface area contributed by atoms with Gasteiger partial charge in [0.2, 0.25) is 0 Å². The van der Waals surface area contributed by atoms with Crippen molar-refractivity contribution in [3.05, 3.63) is 23.7 Å². The number of ether oxygens (including phenoxy) is 1. The molecule has 0 aromatic carbocycles. The highest BCUT2D eigenvalue weighted by Gasteiger charge is 1.92. The zero-order chi connectivity index (χ0) is 11.5. The highest BCUT2D eigenvalue weighted by atomic mass is 16.5. The molecule has 3 nitrogen and oxygen atoms in total. The van der Waals surface area contributed by atoms with E-state index in [1.165, 1.54) is 0 Å². The number of hydrogen-bond acceptors (Lipinski definition) is 3. The van der Waals surface area contributed by atoms with E-state index >= 15 is 0 Å². The van der Waals surface area contributed by atoms with E-state index in [2.05, 4.69) is 0 Å². The Morgan fingerprint density at radius 3 is 1.67 bits per heavy atom. The normalized spacial score (nSPS) is 13.1. The fraction of sp³-hybridized carbons (Fsp3) is 0.667. The number of aliphatic hydroxyl groups is 2. The smallest absolute Gasteiger partial charge is 0.0965 e. The van der Waals surface area contributed by atoms with Crippen molar-refractivity contribution in [3.63, 3.8) is 0 Å². The quantitative estimate of drug-likeness (QED) is 0.481. The van der Waals surface area contributed by atoms with Crippen molar-refractivity contribution >= 4 is 0 Å². The molecule has 0 radical (unpaired) electrons. The molecule has 88 valence electrons. The van der Waals surface area contributed by atoms with Gasteiger partial charge in [-0.05, 0) is 51.7 Å². The molecule has 3 heteroatoms. The van der Waals surface area contributed by atoms with Crippen LogP contribution in [0.15, 0.2) is 23.7 Å². The molecule has 0 saturated heterocycles. The van der Waals surface area contributed by atoms with Gasteiger partial charge in [-0.15, -0.1) is 0 Å². The van der Waals surface area contributed by atoms with Gasteiger partial charge in [0.25, 0.3) is 0 Å². The maximum absolute atomic E-state index is 8.60. The molecule has 0 atom stereocenters. The summed E-state index contributed by atoms with van der Waals surface area (Å²) < 4.78 is 5.50. The second-order valence-corrected chi connectivity index (χ2v) is 3.46. The third-order valence-electron chi connectivity index (χ3n) is 1.91. The Bertz CT molecular complexity index is 185. The van der Waals surface area contributed by atoms with Gasteiger partial charge in [-0.25, -0.2) is 0 Å². The Labute approximate surface area is 92.1 Å². The second kappa shape index (κ2) is 9.74. The Kier molecular flexibility index (Phi) is 9.22. The zero-order valence-corrected chi connectivity index (χ0v) is 9.70. The summed E-state index contributed by atoms with van der Waals surface area (Å²) in [6.45, 7) is 4.24. The van der Waals surface area contributed by atoms with Crippen molar-refractivity contribution in [2.24, 2.45) is 0 Å². The van der Waals surface area contributed by atoms with Crippen molar-refractivity contribution in [2.75, 3.05) is 13.2 Å². The van der Waals surface area contributed by atoms with Gasteiger partial charge < -0.3 is 14.9 Å². The molecular weight excluding hydrogens is 192 g/mol. The number of aliphatic hydroxyl groups excluding tert-OH is 2. The maximum Gasteiger partial charge on any atom is 0.0965 e. The monoisotopic (exact) mass is 214 g/mol. The summed E-state index contributed by atoms with van der Waals surface area (Å²) >= 11 is 0. The Hall–Kier alpha value is -0.800. The van der Waals surface area contributed by atoms with Crippen LogP contribution in [-0.4, -0.2) is 23.4 Å². The van der Waals surface area contributed by atoms with Crippen LogP contribution in [0.1, 0.15) is 39.5 Å². The molecule has 0 aliphatic rings. The van der Waals surface area contributed by atoms with Crippen LogP contribution in [0, 0.1) is 0 Å². The average molecular weight is 214 g/mol. The third-order valence-corrected chi connectivity index (χ3v) is 1.91. The van der Waals surface area contributed by atoms with Crippen LogP contribution in [0.2, 0.25) is 0 Å². The molecule has 0 heterocycles. The number of allylic oxidation sites excluding steroid dienone is 4. The van der Waals surface area contributed by atoms with Crippen molar-refractivity contribution in [3.8, 4) is 0 Å². The molecule has 0 aliphatic heterocycles. The van der Waals surface area contributed by atoms with E-state index in [-0.39, 0.29) is 13.2 Å². The lowest BCUT2D eigenvalue weighted by molar-refractivity contribution is 0.282. The molecule has 0 unspecified atom stereocenters. The zero-order valence-electron chi connectivity index (χ0n) is 9.70. The lowest BCUT2D eigenvalue weighted by Gasteiger charge is -2.05. The molecule has 0 aliphatic carbocycles. The van der Waals surface area contributed by atoms with Crippen molar-refractivity contribution in [1.82, 2.24) is 0 Å². The minimum absolute atomic E-state index is 0.217. The predicted molar refractivity (Wildman–Crippen MR) is 61.2 cm³/mol. The summed E-state index contributed by atoms with van der Waals surface area (Å²) in [6, 6.07) is 0. The standard InChI is InChI=1S/C12H22O3/c1-11(7-3-5-9-13)15-12(2)8-4-6-10-14/h7-8,13-14H,3-6,9-10H2,1-2H3. The molecule has 0 bridgehead atoms. The van der Waals surface area contributed by atoms with E-state index in [0.717, 1.165) is 37.2 Å². The minimum Gasteiger partial charge on any atom is -0.467 e. The first-order valence-corrected chi connectivity index (χ1v) is 5.43. The topological polar surface area (TPSA) is 49.7 Å². The SMILES string of the molecule is CC(=CCCCO)OC(C)=CCCCO. The molecular formula is C12H22O3. The van der Waals surface area contributed by atoms with E-state index in [9.17, 15) is 0 Å². The lowest BCUT2D eigenvalue weighted by atomic mass is 10.3. The van der Waals surface area contributed by atoms with Crippen LogP contribution in [-0.2, 0) is 4.74 Å². The Balaban J connectivity index is 3.78. The summed E-state index contributed by atoms with van der Waals surface area (Å²) in [5.74, 6) is 1.72. The molecule has 2 N–H and O–H groups in total. The largest absolute Gasteiger partial charge is 0.467 e. The molecule has 0 rings (SSSR count). The minimum atomic E-state index is 0.217. The molecule has 0 saturated carbocycles. The van der Waals surface area contributed by atoms with Gasteiger partial charge in [0.15, 0.2) is 0 Å². The van der Waals surface area contributed by atoms with E-state index in [4.69, 9.17) is 14.9 Å². The molecule has 0 fully saturated rings. The summed E-state index contributed by atoms with van der Waals surface area (Å²) in [5.41, 5.74) is 0. The summed E-state index contributed by atoms with van der Waals surface area (Å²) in [5, 5.41) is 17.2. The van der Waals surface area contributed by atoms with Gasteiger partial charge in [0.1, 0.15) is 0 Å². The molecule has 0 aromatic rings. The van der Waals surface area contributed by atoms with Gasteiger partial charge >= 0.3 is 0 Å². The summed E-state index contributed by atoms with van der Waals surface area (Å²) in [4.78, 5) is 0. The first kappa shape index (κ1) is 14.2. The van der Waals surface area contributed by atoms with Crippen molar-refractivity contribution < 1.29 is 14.9 Å². The first-order chi connectivity index (χ1) is 7.20. The fourth-order valence-electron chi connectivity index (χ4n) is 1.13. The molecule has 15 heavy (non-hydrogen) atoms. The number of hydrogen-bond donors (Lipinski definition) is 2. The van der Waals surface area contributed by atoms with E-state index in [1.54, 1.807) is 0 Å². The van der Waals surface area contributed by atoms with Crippen LogP contribution in [0.3, 0.4) is 0 Å². The van der Waals surface area contributed by atoms with Crippen LogP contribution in [0.5, 0.6) is 0 Å². The highest BCUT2D eigenvalue weighted by molar-refractivity contribution is 4.97. The van der Waals surface area contributed by atoms with Gasteiger partial charge in [0, 0.05) is 13.2 Å². The molecule has 0 amide bonds. The van der Waals surface area contributed by atoms with Crippen LogP contribution in [0.25, 0.3) is 0 Å². The third kappa shape index (κ3) is 9.50. The first-order valence-electron chi connectivity index (χ1n) is 5.43. The van der Waals surface area contributed by atoms with E-state index in [1.807, 2.05) is 26.0 Å². The van der Waals surface area contributed by atoms with Gasteiger partial charge in [-0.2, -0.15) is 0 Å². The number of unbranched alkanes of at least 4 members (excludes halogenated alkanes) is 2. The average Bonchev–Trinajstić information content (AvgIpc) is 2.18. The fourth-order valence-corrected chi connectivity index (χ4v) is 1.13. The van der Waals surface area contributed by atoms with E-state index < -0.39 is 0 Å². The second-order valence-electron chi connectivity index (χ2n) is 3.46.